The molecule has 0 atom stereocenters. The van der Waals surface area contributed by atoms with Crippen LogP contribution in [0.1, 0.15) is 0 Å². The molecule has 0 saturated carbocycles. The van der Waals surface area contributed by atoms with E-state index in [0.717, 1.165) is 0 Å². The predicted molar refractivity (Wildman–Crippen MR) is 42.1 cm³/mol. The van der Waals surface area contributed by atoms with Crippen LogP contribution in [0.5, 0.6) is 0 Å². The number of hydrogen-bond acceptors (Lipinski definition) is 0. The first-order valence-corrected chi connectivity index (χ1v) is 5.87. The molecule has 0 aliphatic heterocycles. The molecule has 8 heavy (non-hydrogen) atoms. The van der Waals surface area contributed by atoms with Crippen LogP contribution in [0.3, 0.4) is 0 Å². The molecule has 0 rings (SSSR count). The first kappa shape index (κ1) is 10.3. The SMILES string of the molecule is C#C.C#C[Si](C)(C)C. The van der Waals surface area contributed by atoms with Crippen molar-refractivity contribution in [1.82, 2.24) is 0 Å². The molecule has 0 aromatic heterocycles. The summed E-state index contributed by atoms with van der Waals surface area (Å²) in [6, 6.07) is 0. The minimum Gasteiger partial charge on any atom is -0.135 e. The lowest BCUT2D eigenvalue weighted by molar-refractivity contribution is 1.82. The molecule has 0 amide bonds. The second-order valence-corrected chi connectivity index (χ2v) is 7.18. The molecule has 0 saturated heterocycles. The fourth-order valence-corrected chi connectivity index (χ4v) is 0. The average Bonchev–Trinajstić information content (AvgIpc) is 1.71. The standard InChI is InChI=1S/C5H10Si.C2H2/c1-5-6(2,3)4;1-2/h1H,2-4H3;1-2H. The number of hydrogen-bond donors (Lipinski definition) is 0. The van der Waals surface area contributed by atoms with Gasteiger partial charge >= 0.3 is 0 Å². The Balaban J connectivity index is 0. The van der Waals surface area contributed by atoms with Crippen LogP contribution >= 0.6 is 0 Å². The highest BCUT2D eigenvalue weighted by Gasteiger charge is 2.05. The molecule has 44 valence electrons. The van der Waals surface area contributed by atoms with Gasteiger partial charge in [0.2, 0.25) is 0 Å². The highest BCUT2D eigenvalue weighted by molar-refractivity contribution is 6.83. The van der Waals surface area contributed by atoms with Crippen LogP contribution in [0.15, 0.2) is 0 Å². The van der Waals surface area contributed by atoms with E-state index < -0.39 is 8.07 Å². The van der Waals surface area contributed by atoms with E-state index in [1.807, 2.05) is 0 Å². The fraction of sp³-hybridized carbons (Fsp3) is 0.429. The van der Waals surface area contributed by atoms with Gasteiger partial charge in [0, 0.05) is 0 Å². The summed E-state index contributed by atoms with van der Waals surface area (Å²) in [5.41, 5.74) is 2.74. The molecule has 0 bridgehead atoms. The summed E-state index contributed by atoms with van der Waals surface area (Å²) in [5, 5.41) is 0. The van der Waals surface area contributed by atoms with E-state index in [0.29, 0.717) is 0 Å². The van der Waals surface area contributed by atoms with Crippen LogP contribution in [0.4, 0.5) is 0 Å². The third-order valence-corrected chi connectivity index (χ3v) is 1.30. The summed E-state index contributed by atoms with van der Waals surface area (Å²) in [7, 11) is -1.10. The Kier molecular flexibility index (Phi) is 5.81. The Hall–Kier alpha value is -0.663. The van der Waals surface area contributed by atoms with E-state index in [1.54, 1.807) is 0 Å². The quantitative estimate of drug-likeness (QED) is 0.341. The van der Waals surface area contributed by atoms with Crippen molar-refractivity contribution in [2.24, 2.45) is 0 Å². The van der Waals surface area contributed by atoms with E-state index in [4.69, 9.17) is 6.42 Å². The summed E-state index contributed by atoms with van der Waals surface area (Å²) in [4.78, 5) is 0. The van der Waals surface area contributed by atoms with Gasteiger partial charge in [-0.25, -0.2) is 0 Å². The van der Waals surface area contributed by atoms with Crippen molar-refractivity contribution in [1.29, 1.82) is 0 Å². The van der Waals surface area contributed by atoms with Gasteiger partial charge in [-0.2, -0.15) is 0 Å². The maximum Gasteiger partial charge on any atom is 0.128 e. The summed E-state index contributed by atoms with van der Waals surface area (Å²) in [6.07, 6.45) is 13.1. The molecule has 1 heteroatoms. The topological polar surface area (TPSA) is 0 Å². The van der Waals surface area contributed by atoms with E-state index in [-0.39, 0.29) is 0 Å². The highest BCUT2D eigenvalue weighted by atomic mass is 28.3. The zero-order valence-corrected chi connectivity index (χ0v) is 6.73. The van der Waals surface area contributed by atoms with Crippen LogP contribution in [0, 0.1) is 24.8 Å². The third-order valence-electron chi connectivity index (χ3n) is 0.433. The minimum absolute atomic E-state index is 1.10. The minimum atomic E-state index is -1.10. The van der Waals surface area contributed by atoms with Gasteiger partial charge in [0.1, 0.15) is 8.07 Å². The molecule has 0 spiro atoms. The number of rotatable bonds is 0. The van der Waals surface area contributed by atoms with Gasteiger partial charge in [0.15, 0.2) is 0 Å². The van der Waals surface area contributed by atoms with E-state index >= 15 is 0 Å². The molecule has 0 radical (unpaired) electrons. The van der Waals surface area contributed by atoms with Gasteiger partial charge in [-0.05, 0) is 0 Å². The average molecular weight is 124 g/mol. The maximum atomic E-state index is 5.12. The zero-order chi connectivity index (χ0) is 7.21. The van der Waals surface area contributed by atoms with Crippen molar-refractivity contribution in [2.45, 2.75) is 19.6 Å². The van der Waals surface area contributed by atoms with Gasteiger partial charge in [0.25, 0.3) is 0 Å². The van der Waals surface area contributed by atoms with E-state index in [9.17, 15) is 0 Å². The van der Waals surface area contributed by atoms with Crippen molar-refractivity contribution in [3.8, 4) is 24.8 Å². The second-order valence-electron chi connectivity index (χ2n) is 2.39. The van der Waals surface area contributed by atoms with Gasteiger partial charge in [-0.3, -0.25) is 0 Å². The molecule has 0 aromatic rings. The van der Waals surface area contributed by atoms with Gasteiger partial charge < -0.3 is 0 Å². The van der Waals surface area contributed by atoms with Crippen molar-refractivity contribution >= 4 is 8.07 Å². The molecule has 0 heterocycles. The lowest BCUT2D eigenvalue weighted by Gasteiger charge is -2.00. The van der Waals surface area contributed by atoms with Gasteiger partial charge in [0.05, 0.1) is 0 Å². The lowest BCUT2D eigenvalue weighted by Crippen LogP contribution is -2.15. The molecule has 0 aliphatic rings. The molecular formula is C7H12Si. The van der Waals surface area contributed by atoms with Crippen molar-refractivity contribution in [3.05, 3.63) is 0 Å². The largest absolute Gasteiger partial charge is 0.135 e. The van der Waals surface area contributed by atoms with E-state index in [1.165, 1.54) is 0 Å². The molecule has 0 aliphatic carbocycles. The third kappa shape index (κ3) is 18.4. The summed E-state index contributed by atoms with van der Waals surface area (Å²) in [6.45, 7) is 6.44. The Morgan fingerprint density at radius 2 is 1.25 bits per heavy atom. The van der Waals surface area contributed by atoms with E-state index in [2.05, 4.69) is 38.0 Å². The monoisotopic (exact) mass is 124 g/mol. The van der Waals surface area contributed by atoms with Crippen LogP contribution in [-0.4, -0.2) is 8.07 Å². The van der Waals surface area contributed by atoms with Crippen molar-refractivity contribution in [3.63, 3.8) is 0 Å². The molecule has 0 unspecified atom stereocenters. The second kappa shape index (κ2) is 4.49. The molecule has 0 N–H and O–H groups in total. The zero-order valence-electron chi connectivity index (χ0n) is 5.73. The van der Waals surface area contributed by atoms with Gasteiger partial charge in [-0.1, -0.05) is 19.6 Å². The summed E-state index contributed by atoms with van der Waals surface area (Å²) >= 11 is 0. The smallest absolute Gasteiger partial charge is 0.128 e. The predicted octanol–water partition coefficient (Wildman–Crippen LogP) is 1.75. The van der Waals surface area contributed by atoms with Crippen LogP contribution in [-0.2, 0) is 0 Å². The Morgan fingerprint density at radius 1 is 1.12 bits per heavy atom. The van der Waals surface area contributed by atoms with Crippen LogP contribution in [0.2, 0.25) is 19.6 Å². The van der Waals surface area contributed by atoms with Crippen molar-refractivity contribution < 1.29 is 0 Å². The molecule has 0 nitrogen and oxygen atoms in total. The van der Waals surface area contributed by atoms with Gasteiger partial charge in [-0.15, -0.1) is 24.8 Å². The van der Waals surface area contributed by atoms with Crippen LogP contribution in [0.25, 0.3) is 0 Å². The molecule has 0 fully saturated rings. The molecular weight excluding hydrogens is 112 g/mol. The van der Waals surface area contributed by atoms with Crippen molar-refractivity contribution in [2.75, 3.05) is 0 Å². The Morgan fingerprint density at radius 3 is 1.25 bits per heavy atom. The highest BCUT2D eigenvalue weighted by Crippen LogP contribution is 1.94. The lowest BCUT2D eigenvalue weighted by atomic mass is 11.4. The summed E-state index contributed by atoms with van der Waals surface area (Å²) in [5.74, 6) is 0. The maximum absolute atomic E-state index is 5.12. The Bertz CT molecular complexity index is 97.8. The van der Waals surface area contributed by atoms with Crippen LogP contribution < -0.4 is 0 Å². The Labute approximate surface area is 53.3 Å². The fourth-order valence-electron chi connectivity index (χ4n) is 0. The number of terminal acetylenes is 2. The normalized spacial score (nSPS) is 8.00. The molecule has 0 aromatic carbocycles. The summed E-state index contributed by atoms with van der Waals surface area (Å²) < 4.78 is 0. The first-order chi connectivity index (χ1) is 3.56. The first-order valence-electron chi connectivity index (χ1n) is 2.37.